The van der Waals surface area contributed by atoms with Crippen molar-refractivity contribution < 1.29 is 0 Å². The standard InChI is InChI=1S/C9H15N3/c1-3-7-12-9(5-6-11-12)8-10-4-2/h3,5-6,10H,1,4,7-8H2,2H3. The zero-order chi connectivity index (χ0) is 8.81. The Kier molecular flexibility index (Phi) is 3.54. The first-order valence-corrected chi connectivity index (χ1v) is 4.20. The lowest BCUT2D eigenvalue weighted by Gasteiger charge is -2.04. The van der Waals surface area contributed by atoms with Gasteiger partial charge in [0, 0.05) is 12.7 Å². The molecular formula is C9H15N3. The summed E-state index contributed by atoms with van der Waals surface area (Å²) in [6.45, 7) is 8.42. The summed E-state index contributed by atoms with van der Waals surface area (Å²) in [5.74, 6) is 0. The van der Waals surface area contributed by atoms with Crippen LogP contribution in [0.25, 0.3) is 0 Å². The van der Waals surface area contributed by atoms with Crippen molar-refractivity contribution in [1.29, 1.82) is 0 Å². The van der Waals surface area contributed by atoms with Gasteiger partial charge >= 0.3 is 0 Å². The smallest absolute Gasteiger partial charge is 0.0591 e. The second-order valence-electron chi connectivity index (χ2n) is 2.57. The Morgan fingerprint density at radius 1 is 1.75 bits per heavy atom. The first-order chi connectivity index (χ1) is 5.88. The Morgan fingerprint density at radius 2 is 2.58 bits per heavy atom. The molecule has 0 aliphatic heterocycles. The molecule has 0 aliphatic rings. The number of rotatable bonds is 5. The van der Waals surface area contributed by atoms with Crippen LogP contribution in [0.4, 0.5) is 0 Å². The molecule has 1 aromatic heterocycles. The van der Waals surface area contributed by atoms with E-state index in [9.17, 15) is 0 Å². The topological polar surface area (TPSA) is 29.9 Å². The first-order valence-electron chi connectivity index (χ1n) is 4.20. The van der Waals surface area contributed by atoms with Gasteiger partial charge in [0.25, 0.3) is 0 Å². The van der Waals surface area contributed by atoms with Gasteiger partial charge < -0.3 is 5.32 Å². The molecule has 0 bridgehead atoms. The molecule has 0 radical (unpaired) electrons. The van der Waals surface area contributed by atoms with E-state index in [1.54, 1.807) is 0 Å². The Labute approximate surface area is 73.1 Å². The molecule has 0 amide bonds. The van der Waals surface area contributed by atoms with Gasteiger partial charge in [0.2, 0.25) is 0 Å². The highest BCUT2D eigenvalue weighted by molar-refractivity contribution is 5.00. The maximum Gasteiger partial charge on any atom is 0.0591 e. The fraction of sp³-hybridized carbons (Fsp3) is 0.444. The molecule has 0 atom stereocenters. The van der Waals surface area contributed by atoms with Gasteiger partial charge in [-0.05, 0) is 12.6 Å². The average Bonchev–Trinajstić information content (AvgIpc) is 2.50. The largest absolute Gasteiger partial charge is 0.311 e. The molecule has 3 heteroatoms. The van der Waals surface area contributed by atoms with Crippen LogP contribution in [-0.4, -0.2) is 16.3 Å². The summed E-state index contributed by atoms with van der Waals surface area (Å²) in [7, 11) is 0. The molecular weight excluding hydrogens is 150 g/mol. The normalized spacial score (nSPS) is 10.1. The third kappa shape index (κ3) is 2.20. The average molecular weight is 165 g/mol. The van der Waals surface area contributed by atoms with E-state index in [2.05, 4.69) is 23.9 Å². The van der Waals surface area contributed by atoms with E-state index >= 15 is 0 Å². The summed E-state index contributed by atoms with van der Waals surface area (Å²) in [6.07, 6.45) is 3.67. The van der Waals surface area contributed by atoms with Crippen molar-refractivity contribution in [3.8, 4) is 0 Å². The molecule has 1 heterocycles. The molecule has 0 saturated carbocycles. The monoisotopic (exact) mass is 165 g/mol. The van der Waals surface area contributed by atoms with Crippen LogP contribution in [0.3, 0.4) is 0 Å². The minimum Gasteiger partial charge on any atom is -0.311 e. The Hall–Kier alpha value is -1.09. The number of nitrogens with zero attached hydrogens (tertiary/aromatic N) is 2. The van der Waals surface area contributed by atoms with E-state index in [1.807, 2.05) is 23.0 Å². The van der Waals surface area contributed by atoms with E-state index in [4.69, 9.17) is 0 Å². The highest BCUT2D eigenvalue weighted by Crippen LogP contribution is 1.97. The summed E-state index contributed by atoms with van der Waals surface area (Å²) in [5, 5.41) is 7.42. The number of aromatic nitrogens is 2. The van der Waals surface area contributed by atoms with Gasteiger partial charge in [0.1, 0.15) is 0 Å². The maximum absolute atomic E-state index is 4.16. The van der Waals surface area contributed by atoms with Crippen molar-refractivity contribution in [3.63, 3.8) is 0 Å². The van der Waals surface area contributed by atoms with Crippen molar-refractivity contribution >= 4 is 0 Å². The SMILES string of the molecule is C=CCn1nccc1CNCC. The van der Waals surface area contributed by atoms with Crippen molar-refractivity contribution in [1.82, 2.24) is 15.1 Å². The van der Waals surface area contributed by atoms with Crippen LogP contribution < -0.4 is 5.32 Å². The van der Waals surface area contributed by atoms with Crippen LogP contribution in [0, 0.1) is 0 Å². The molecule has 1 rings (SSSR count). The van der Waals surface area contributed by atoms with Crippen LogP contribution in [-0.2, 0) is 13.1 Å². The number of hydrogen-bond donors (Lipinski definition) is 1. The van der Waals surface area contributed by atoms with Crippen LogP contribution in [0.5, 0.6) is 0 Å². The molecule has 3 nitrogen and oxygen atoms in total. The minimum atomic E-state index is 0.785. The molecule has 1 aromatic rings. The summed E-state index contributed by atoms with van der Waals surface area (Å²) < 4.78 is 1.94. The van der Waals surface area contributed by atoms with E-state index in [0.717, 1.165) is 19.6 Å². The van der Waals surface area contributed by atoms with Crippen molar-refractivity contribution in [2.24, 2.45) is 0 Å². The number of hydrogen-bond acceptors (Lipinski definition) is 2. The summed E-state index contributed by atoms with van der Waals surface area (Å²) >= 11 is 0. The minimum absolute atomic E-state index is 0.785. The van der Waals surface area contributed by atoms with Crippen molar-refractivity contribution in [2.75, 3.05) is 6.54 Å². The van der Waals surface area contributed by atoms with Gasteiger partial charge in [0.05, 0.1) is 12.2 Å². The third-order valence-corrected chi connectivity index (χ3v) is 1.66. The number of allylic oxidation sites excluding steroid dienone is 1. The van der Waals surface area contributed by atoms with Crippen LogP contribution in [0.2, 0.25) is 0 Å². The number of nitrogens with one attached hydrogen (secondary N) is 1. The fourth-order valence-corrected chi connectivity index (χ4v) is 1.05. The van der Waals surface area contributed by atoms with Gasteiger partial charge in [-0.1, -0.05) is 13.0 Å². The van der Waals surface area contributed by atoms with Gasteiger partial charge in [-0.2, -0.15) is 5.10 Å². The van der Waals surface area contributed by atoms with Crippen LogP contribution in [0.1, 0.15) is 12.6 Å². The summed E-state index contributed by atoms with van der Waals surface area (Å²) in [4.78, 5) is 0. The zero-order valence-electron chi connectivity index (χ0n) is 7.45. The Morgan fingerprint density at radius 3 is 3.25 bits per heavy atom. The first kappa shape index (κ1) is 9.00. The lowest BCUT2D eigenvalue weighted by molar-refractivity contribution is 0.613. The lowest BCUT2D eigenvalue weighted by atomic mass is 10.4. The van der Waals surface area contributed by atoms with Crippen molar-refractivity contribution in [2.45, 2.75) is 20.0 Å². The van der Waals surface area contributed by atoms with Gasteiger partial charge in [0.15, 0.2) is 0 Å². The third-order valence-electron chi connectivity index (χ3n) is 1.66. The van der Waals surface area contributed by atoms with Crippen LogP contribution >= 0.6 is 0 Å². The van der Waals surface area contributed by atoms with E-state index in [0.29, 0.717) is 0 Å². The fourth-order valence-electron chi connectivity index (χ4n) is 1.05. The van der Waals surface area contributed by atoms with Crippen molar-refractivity contribution in [3.05, 3.63) is 30.6 Å². The predicted molar refractivity (Wildman–Crippen MR) is 49.8 cm³/mol. The Bertz CT molecular complexity index is 240. The van der Waals surface area contributed by atoms with Crippen LogP contribution in [0.15, 0.2) is 24.9 Å². The summed E-state index contributed by atoms with van der Waals surface area (Å²) in [5.41, 5.74) is 1.21. The molecule has 0 spiro atoms. The zero-order valence-corrected chi connectivity index (χ0v) is 7.45. The molecule has 0 aromatic carbocycles. The van der Waals surface area contributed by atoms with E-state index in [1.165, 1.54) is 5.69 Å². The molecule has 0 unspecified atom stereocenters. The quantitative estimate of drug-likeness (QED) is 0.664. The molecule has 0 saturated heterocycles. The summed E-state index contributed by atoms with van der Waals surface area (Å²) in [6, 6.07) is 2.02. The van der Waals surface area contributed by atoms with Gasteiger partial charge in [-0.25, -0.2) is 0 Å². The highest BCUT2D eigenvalue weighted by Gasteiger charge is 1.97. The molecule has 0 aliphatic carbocycles. The Balaban J connectivity index is 2.57. The molecule has 1 N–H and O–H groups in total. The highest BCUT2D eigenvalue weighted by atomic mass is 15.3. The van der Waals surface area contributed by atoms with E-state index < -0.39 is 0 Å². The molecule has 66 valence electrons. The van der Waals surface area contributed by atoms with Gasteiger partial charge in [-0.15, -0.1) is 6.58 Å². The predicted octanol–water partition coefficient (Wildman–Crippen LogP) is 1.18. The van der Waals surface area contributed by atoms with E-state index in [-0.39, 0.29) is 0 Å². The lowest BCUT2D eigenvalue weighted by Crippen LogP contribution is -2.15. The van der Waals surface area contributed by atoms with Gasteiger partial charge in [-0.3, -0.25) is 4.68 Å². The molecule has 12 heavy (non-hydrogen) atoms. The molecule has 0 fully saturated rings. The second-order valence-corrected chi connectivity index (χ2v) is 2.57. The second kappa shape index (κ2) is 4.72. The maximum atomic E-state index is 4.16.